The number of anilines is 1. The molecule has 0 bridgehead atoms. The van der Waals surface area contributed by atoms with Crippen LogP contribution in [0.2, 0.25) is 5.02 Å². The maximum absolute atomic E-state index is 6.03. The number of hydrogen-bond donors (Lipinski definition) is 1. The lowest BCUT2D eigenvalue weighted by atomic mass is 10.3. The van der Waals surface area contributed by atoms with Crippen LogP contribution in [-0.2, 0) is 0 Å². The van der Waals surface area contributed by atoms with Crippen LogP contribution in [0, 0.1) is 0 Å². The van der Waals surface area contributed by atoms with Crippen LogP contribution in [0.4, 0.5) is 5.95 Å². The molecule has 0 aliphatic carbocycles. The molecule has 1 heterocycles. The maximum Gasteiger partial charge on any atom is 0.227 e. The summed E-state index contributed by atoms with van der Waals surface area (Å²) in [5.41, 5.74) is 5.53. The van der Waals surface area contributed by atoms with Gasteiger partial charge in [-0.1, -0.05) is 27.5 Å². The Morgan fingerprint density at radius 1 is 1.22 bits per heavy atom. The molecule has 94 valence electrons. The third-order valence-corrected chi connectivity index (χ3v) is 2.80. The lowest BCUT2D eigenvalue weighted by Gasteiger charge is -2.08. The molecule has 1 aromatic heterocycles. The molecule has 0 spiro atoms. The summed E-state index contributed by atoms with van der Waals surface area (Å²) in [7, 11) is 1.48. The molecule has 0 aliphatic heterocycles. The quantitative estimate of drug-likeness (QED) is 0.935. The topological polar surface area (TPSA) is 70.3 Å². The maximum atomic E-state index is 6.03. The number of halogens is 2. The number of methoxy groups -OCH3 is 1. The van der Waals surface area contributed by atoms with E-state index in [1.54, 1.807) is 12.1 Å². The normalized spacial score (nSPS) is 10.2. The van der Waals surface area contributed by atoms with Gasteiger partial charge in [0.2, 0.25) is 17.7 Å². The third-order valence-electron chi connectivity index (χ3n) is 2.01. The van der Waals surface area contributed by atoms with Crippen LogP contribution < -0.4 is 15.2 Å². The van der Waals surface area contributed by atoms with E-state index in [-0.39, 0.29) is 11.8 Å². The van der Waals surface area contributed by atoms with E-state index in [0.717, 1.165) is 4.47 Å². The summed E-state index contributed by atoms with van der Waals surface area (Å²) in [4.78, 5) is 7.79. The van der Waals surface area contributed by atoms with Crippen molar-refractivity contribution in [3.8, 4) is 17.5 Å². The highest BCUT2D eigenvalue weighted by molar-refractivity contribution is 9.10. The van der Waals surface area contributed by atoms with E-state index in [9.17, 15) is 0 Å². The van der Waals surface area contributed by atoms with Crippen molar-refractivity contribution in [3.05, 3.63) is 33.8 Å². The molecule has 7 heteroatoms. The fraction of sp³-hybridized carbons (Fsp3) is 0.0909. The van der Waals surface area contributed by atoms with Crippen LogP contribution in [0.25, 0.3) is 0 Å². The molecule has 5 nitrogen and oxygen atoms in total. The summed E-state index contributed by atoms with van der Waals surface area (Å²) in [5.74, 6) is 1.13. The molecule has 18 heavy (non-hydrogen) atoms. The predicted molar refractivity (Wildman–Crippen MR) is 72.2 cm³/mol. The first kappa shape index (κ1) is 12.9. The molecule has 0 amide bonds. The van der Waals surface area contributed by atoms with Gasteiger partial charge in [0.05, 0.1) is 18.2 Å². The van der Waals surface area contributed by atoms with Crippen LogP contribution in [0.1, 0.15) is 0 Å². The van der Waals surface area contributed by atoms with E-state index in [0.29, 0.717) is 16.7 Å². The van der Waals surface area contributed by atoms with Crippen molar-refractivity contribution in [3.63, 3.8) is 0 Å². The predicted octanol–water partition coefficient (Wildman–Crippen LogP) is 3.28. The first-order valence-corrected chi connectivity index (χ1v) is 6.07. The van der Waals surface area contributed by atoms with E-state index in [2.05, 4.69) is 25.9 Å². The van der Waals surface area contributed by atoms with Gasteiger partial charge in [-0.3, -0.25) is 0 Å². The standard InChI is InChI=1S/C11H9BrClN3O2/c1-17-9-5-10(16-11(14)15-9)18-8-3-2-6(12)4-7(8)13/h2-5H,1H3,(H2,14,15,16). The van der Waals surface area contributed by atoms with E-state index in [1.807, 2.05) is 6.07 Å². The summed E-state index contributed by atoms with van der Waals surface area (Å²) in [6.45, 7) is 0. The van der Waals surface area contributed by atoms with Crippen LogP contribution in [-0.4, -0.2) is 17.1 Å². The highest BCUT2D eigenvalue weighted by Crippen LogP contribution is 2.31. The Morgan fingerprint density at radius 2 is 1.94 bits per heavy atom. The summed E-state index contributed by atoms with van der Waals surface area (Å²) in [5, 5.41) is 0.459. The van der Waals surface area contributed by atoms with Crippen molar-refractivity contribution in [2.45, 2.75) is 0 Å². The smallest absolute Gasteiger partial charge is 0.227 e. The largest absolute Gasteiger partial charge is 0.481 e. The van der Waals surface area contributed by atoms with Gasteiger partial charge in [0.25, 0.3) is 0 Å². The zero-order valence-corrected chi connectivity index (χ0v) is 11.7. The van der Waals surface area contributed by atoms with Crippen molar-refractivity contribution in [2.24, 2.45) is 0 Å². The fourth-order valence-electron chi connectivity index (χ4n) is 1.25. The van der Waals surface area contributed by atoms with Crippen molar-refractivity contribution < 1.29 is 9.47 Å². The lowest BCUT2D eigenvalue weighted by molar-refractivity contribution is 0.389. The second kappa shape index (κ2) is 5.41. The number of rotatable bonds is 3. The Bertz CT molecular complexity index is 580. The fourth-order valence-corrected chi connectivity index (χ4v) is 1.96. The molecule has 0 aliphatic rings. The molecule has 0 radical (unpaired) electrons. The summed E-state index contributed by atoms with van der Waals surface area (Å²) in [6, 6.07) is 6.77. The molecule has 0 saturated carbocycles. The first-order chi connectivity index (χ1) is 8.58. The molecule has 0 fully saturated rings. The SMILES string of the molecule is COc1cc(Oc2ccc(Br)cc2Cl)nc(N)n1. The van der Waals surface area contributed by atoms with Crippen molar-refractivity contribution >= 4 is 33.5 Å². The monoisotopic (exact) mass is 329 g/mol. The molecule has 0 unspecified atom stereocenters. The van der Waals surface area contributed by atoms with Gasteiger partial charge in [-0.15, -0.1) is 0 Å². The van der Waals surface area contributed by atoms with Gasteiger partial charge in [-0.05, 0) is 18.2 Å². The van der Waals surface area contributed by atoms with Gasteiger partial charge in [-0.2, -0.15) is 9.97 Å². The van der Waals surface area contributed by atoms with Crippen molar-refractivity contribution in [2.75, 3.05) is 12.8 Å². The minimum absolute atomic E-state index is 0.0672. The average molecular weight is 331 g/mol. The molecular formula is C11H9BrClN3O2. The second-order valence-electron chi connectivity index (χ2n) is 3.28. The lowest BCUT2D eigenvalue weighted by Crippen LogP contribution is -1.99. The summed E-state index contributed by atoms with van der Waals surface area (Å²) in [6.07, 6.45) is 0. The highest BCUT2D eigenvalue weighted by atomic mass is 79.9. The van der Waals surface area contributed by atoms with Gasteiger partial charge in [0.15, 0.2) is 0 Å². The number of aromatic nitrogens is 2. The highest BCUT2D eigenvalue weighted by Gasteiger charge is 2.08. The minimum Gasteiger partial charge on any atom is -0.481 e. The molecule has 0 atom stereocenters. The Balaban J connectivity index is 2.30. The number of nitrogens with two attached hydrogens (primary N) is 1. The number of nitrogen functional groups attached to an aromatic ring is 1. The number of nitrogens with zero attached hydrogens (tertiary/aromatic N) is 2. The average Bonchev–Trinajstić information content (AvgIpc) is 2.32. The third kappa shape index (κ3) is 3.02. The van der Waals surface area contributed by atoms with Crippen LogP contribution in [0.15, 0.2) is 28.7 Å². The van der Waals surface area contributed by atoms with Crippen molar-refractivity contribution in [1.82, 2.24) is 9.97 Å². The molecular weight excluding hydrogens is 321 g/mol. The van der Waals surface area contributed by atoms with Gasteiger partial charge >= 0.3 is 0 Å². The van der Waals surface area contributed by atoms with Gasteiger partial charge in [0, 0.05) is 4.47 Å². The number of benzene rings is 1. The zero-order chi connectivity index (χ0) is 13.1. The van der Waals surface area contributed by atoms with E-state index >= 15 is 0 Å². The molecule has 2 N–H and O–H groups in total. The Kier molecular flexibility index (Phi) is 3.88. The number of hydrogen-bond acceptors (Lipinski definition) is 5. The molecule has 1 aromatic carbocycles. The molecule has 2 aromatic rings. The van der Waals surface area contributed by atoms with Crippen molar-refractivity contribution in [1.29, 1.82) is 0 Å². The van der Waals surface area contributed by atoms with E-state index in [4.69, 9.17) is 26.8 Å². The Labute approximate surface area is 117 Å². The molecule has 0 saturated heterocycles. The molecule has 2 rings (SSSR count). The van der Waals surface area contributed by atoms with E-state index in [1.165, 1.54) is 13.2 Å². The van der Waals surface area contributed by atoms with Crippen LogP contribution >= 0.6 is 27.5 Å². The van der Waals surface area contributed by atoms with Gasteiger partial charge < -0.3 is 15.2 Å². The summed E-state index contributed by atoms with van der Waals surface area (Å²) < 4.78 is 11.4. The van der Waals surface area contributed by atoms with Crippen LogP contribution in [0.3, 0.4) is 0 Å². The van der Waals surface area contributed by atoms with E-state index < -0.39 is 0 Å². The van der Waals surface area contributed by atoms with Crippen LogP contribution in [0.5, 0.6) is 17.5 Å². The Morgan fingerprint density at radius 3 is 2.61 bits per heavy atom. The number of ether oxygens (including phenoxy) is 2. The zero-order valence-electron chi connectivity index (χ0n) is 9.35. The first-order valence-electron chi connectivity index (χ1n) is 4.90. The van der Waals surface area contributed by atoms with Gasteiger partial charge in [-0.25, -0.2) is 0 Å². The second-order valence-corrected chi connectivity index (χ2v) is 4.61. The summed E-state index contributed by atoms with van der Waals surface area (Å²) >= 11 is 9.34. The van der Waals surface area contributed by atoms with Gasteiger partial charge in [0.1, 0.15) is 5.75 Å². The Hall–Kier alpha value is -1.53. The minimum atomic E-state index is 0.0672.